The Morgan fingerprint density at radius 2 is 2.18 bits per heavy atom. The zero-order valence-electron chi connectivity index (χ0n) is 11.2. The third-order valence-electron chi connectivity index (χ3n) is 4.16. The Balaban J connectivity index is 1.89. The van der Waals surface area contributed by atoms with Gasteiger partial charge in [0.2, 0.25) is 5.91 Å². The molecule has 0 aromatic heterocycles. The molecule has 1 aliphatic heterocycles. The molecule has 1 saturated carbocycles. The van der Waals surface area contributed by atoms with Crippen molar-refractivity contribution in [1.82, 2.24) is 10.2 Å². The zero-order chi connectivity index (χ0) is 12.3. The molecule has 3 heteroatoms. The predicted molar refractivity (Wildman–Crippen MR) is 69.8 cm³/mol. The molecule has 0 spiro atoms. The molecule has 0 radical (unpaired) electrons. The Labute approximate surface area is 105 Å². The van der Waals surface area contributed by atoms with Crippen LogP contribution in [0, 0.1) is 11.8 Å². The SMILES string of the molecule is CCC(C)C(=O)N(CC1CCCNC1)C1CC1. The smallest absolute Gasteiger partial charge is 0.225 e. The third-order valence-corrected chi connectivity index (χ3v) is 4.16. The van der Waals surface area contributed by atoms with Gasteiger partial charge in [0.05, 0.1) is 0 Å². The lowest BCUT2D eigenvalue weighted by atomic mass is 9.98. The summed E-state index contributed by atoms with van der Waals surface area (Å²) in [7, 11) is 0. The van der Waals surface area contributed by atoms with Crippen molar-refractivity contribution in [1.29, 1.82) is 0 Å². The van der Waals surface area contributed by atoms with Crippen molar-refractivity contribution < 1.29 is 4.79 Å². The first-order chi connectivity index (χ1) is 8.22. The molecule has 2 fully saturated rings. The Morgan fingerprint density at radius 3 is 2.71 bits per heavy atom. The van der Waals surface area contributed by atoms with Crippen LogP contribution in [0.4, 0.5) is 0 Å². The van der Waals surface area contributed by atoms with Crippen LogP contribution in [0.15, 0.2) is 0 Å². The molecule has 2 aliphatic rings. The highest BCUT2D eigenvalue weighted by Gasteiger charge is 2.35. The number of carbonyl (C=O) groups excluding carboxylic acids is 1. The van der Waals surface area contributed by atoms with Crippen molar-refractivity contribution in [3.63, 3.8) is 0 Å². The van der Waals surface area contributed by atoms with Crippen LogP contribution in [-0.2, 0) is 4.79 Å². The molecule has 1 saturated heterocycles. The molecule has 1 aliphatic carbocycles. The highest BCUT2D eigenvalue weighted by Crippen LogP contribution is 2.30. The van der Waals surface area contributed by atoms with Crippen LogP contribution >= 0.6 is 0 Å². The van der Waals surface area contributed by atoms with E-state index < -0.39 is 0 Å². The van der Waals surface area contributed by atoms with Gasteiger partial charge in [0.1, 0.15) is 0 Å². The van der Waals surface area contributed by atoms with Crippen LogP contribution in [0.2, 0.25) is 0 Å². The number of amides is 1. The highest BCUT2D eigenvalue weighted by molar-refractivity contribution is 5.79. The monoisotopic (exact) mass is 238 g/mol. The summed E-state index contributed by atoms with van der Waals surface area (Å²) in [6.07, 6.45) is 5.96. The van der Waals surface area contributed by atoms with E-state index in [2.05, 4.69) is 24.1 Å². The Kier molecular flexibility index (Phi) is 4.43. The molecule has 3 nitrogen and oxygen atoms in total. The number of piperidine rings is 1. The molecule has 98 valence electrons. The van der Waals surface area contributed by atoms with Gasteiger partial charge in [-0.15, -0.1) is 0 Å². The van der Waals surface area contributed by atoms with Gasteiger partial charge in [-0.1, -0.05) is 13.8 Å². The minimum absolute atomic E-state index is 0.201. The van der Waals surface area contributed by atoms with E-state index in [-0.39, 0.29) is 5.92 Å². The second kappa shape index (κ2) is 5.85. The summed E-state index contributed by atoms with van der Waals surface area (Å²) in [4.78, 5) is 14.5. The van der Waals surface area contributed by atoms with E-state index in [1.165, 1.54) is 25.7 Å². The van der Waals surface area contributed by atoms with Gasteiger partial charge in [-0.2, -0.15) is 0 Å². The average Bonchev–Trinajstić information content (AvgIpc) is 3.19. The average molecular weight is 238 g/mol. The molecule has 0 aromatic carbocycles. The van der Waals surface area contributed by atoms with Crippen LogP contribution < -0.4 is 5.32 Å². The van der Waals surface area contributed by atoms with Crippen LogP contribution in [0.1, 0.15) is 46.0 Å². The fourth-order valence-corrected chi connectivity index (χ4v) is 2.62. The Morgan fingerprint density at radius 1 is 1.41 bits per heavy atom. The molecule has 1 N–H and O–H groups in total. The third kappa shape index (κ3) is 3.44. The van der Waals surface area contributed by atoms with Gasteiger partial charge in [-0.3, -0.25) is 4.79 Å². The summed E-state index contributed by atoms with van der Waals surface area (Å²) < 4.78 is 0. The largest absolute Gasteiger partial charge is 0.339 e. The second-order valence-corrected chi connectivity index (χ2v) is 5.74. The number of carbonyl (C=O) groups is 1. The number of hydrogen-bond acceptors (Lipinski definition) is 2. The molecule has 1 heterocycles. The van der Waals surface area contributed by atoms with Crippen molar-refractivity contribution in [2.75, 3.05) is 19.6 Å². The summed E-state index contributed by atoms with van der Waals surface area (Å²) >= 11 is 0. The molecule has 17 heavy (non-hydrogen) atoms. The molecule has 0 aromatic rings. The second-order valence-electron chi connectivity index (χ2n) is 5.74. The molecule has 2 rings (SSSR count). The van der Waals surface area contributed by atoms with E-state index >= 15 is 0 Å². The number of nitrogens with zero attached hydrogens (tertiary/aromatic N) is 1. The van der Waals surface area contributed by atoms with E-state index in [9.17, 15) is 4.79 Å². The number of hydrogen-bond donors (Lipinski definition) is 1. The molecular formula is C14H26N2O. The van der Waals surface area contributed by atoms with E-state index in [4.69, 9.17) is 0 Å². The lowest BCUT2D eigenvalue weighted by Gasteiger charge is -2.31. The first-order valence-corrected chi connectivity index (χ1v) is 7.23. The lowest BCUT2D eigenvalue weighted by molar-refractivity contribution is -0.136. The summed E-state index contributed by atoms with van der Waals surface area (Å²) in [5, 5.41) is 3.44. The predicted octanol–water partition coefficient (Wildman–Crippen LogP) is 2.02. The molecular weight excluding hydrogens is 212 g/mol. The first-order valence-electron chi connectivity index (χ1n) is 7.23. The van der Waals surface area contributed by atoms with Crippen molar-refractivity contribution in [3.05, 3.63) is 0 Å². The lowest BCUT2D eigenvalue weighted by Crippen LogP contribution is -2.44. The topological polar surface area (TPSA) is 32.3 Å². The van der Waals surface area contributed by atoms with Gasteiger partial charge in [-0.05, 0) is 51.1 Å². The Bertz CT molecular complexity index is 257. The molecule has 2 unspecified atom stereocenters. The maximum absolute atomic E-state index is 12.3. The maximum atomic E-state index is 12.3. The van der Waals surface area contributed by atoms with Crippen molar-refractivity contribution in [2.24, 2.45) is 11.8 Å². The maximum Gasteiger partial charge on any atom is 0.225 e. The Hall–Kier alpha value is -0.570. The number of rotatable bonds is 5. The van der Waals surface area contributed by atoms with Crippen LogP contribution in [0.3, 0.4) is 0 Å². The van der Waals surface area contributed by atoms with Crippen LogP contribution in [0.5, 0.6) is 0 Å². The molecule has 2 atom stereocenters. The van der Waals surface area contributed by atoms with E-state index in [0.29, 0.717) is 17.9 Å². The molecule has 1 amide bonds. The van der Waals surface area contributed by atoms with Gasteiger partial charge in [0, 0.05) is 18.5 Å². The van der Waals surface area contributed by atoms with E-state index in [1.807, 2.05) is 0 Å². The van der Waals surface area contributed by atoms with E-state index in [1.54, 1.807) is 0 Å². The van der Waals surface area contributed by atoms with Crippen molar-refractivity contribution >= 4 is 5.91 Å². The number of nitrogens with one attached hydrogen (secondary N) is 1. The zero-order valence-corrected chi connectivity index (χ0v) is 11.2. The van der Waals surface area contributed by atoms with Gasteiger partial charge in [0.15, 0.2) is 0 Å². The van der Waals surface area contributed by atoms with Crippen LogP contribution in [0.25, 0.3) is 0 Å². The summed E-state index contributed by atoms with van der Waals surface area (Å²) in [5.74, 6) is 1.27. The molecule has 0 bridgehead atoms. The fourth-order valence-electron chi connectivity index (χ4n) is 2.62. The fraction of sp³-hybridized carbons (Fsp3) is 0.929. The van der Waals surface area contributed by atoms with Gasteiger partial charge in [-0.25, -0.2) is 0 Å². The van der Waals surface area contributed by atoms with Crippen LogP contribution in [-0.4, -0.2) is 36.5 Å². The summed E-state index contributed by atoms with van der Waals surface area (Å²) in [6.45, 7) is 7.41. The van der Waals surface area contributed by atoms with Crippen molar-refractivity contribution in [2.45, 2.75) is 52.0 Å². The quantitative estimate of drug-likeness (QED) is 0.795. The summed E-state index contributed by atoms with van der Waals surface area (Å²) in [5.41, 5.74) is 0. The summed E-state index contributed by atoms with van der Waals surface area (Å²) in [6, 6.07) is 0.568. The standard InChI is InChI=1S/C14H26N2O/c1-3-11(2)14(17)16(13-6-7-13)10-12-5-4-8-15-9-12/h11-13,15H,3-10H2,1-2H3. The normalized spacial score (nSPS) is 26.6. The minimum atomic E-state index is 0.201. The van der Waals surface area contributed by atoms with E-state index in [0.717, 1.165) is 26.1 Å². The minimum Gasteiger partial charge on any atom is -0.339 e. The van der Waals surface area contributed by atoms with Gasteiger partial charge in [0.25, 0.3) is 0 Å². The highest BCUT2D eigenvalue weighted by atomic mass is 16.2. The van der Waals surface area contributed by atoms with Crippen molar-refractivity contribution in [3.8, 4) is 0 Å². The first kappa shape index (κ1) is 12.9. The van der Waals surface area contributed by atoms with Gasteiger partial charge < -0.3 is 10.2 Å². The van der Waals surface area contributed by atoms with Gasteiger partial charge >= 0.3 is 0 Å².